The van der Waals surface area contributed by atoms with Gasteiger partial charge in [0.2, 0.25) is 0 Å². The second-order valence-electron chi connectivity index (χ2n) is 6.51. The molecule has 2 aromatic rings. The number of nitrogens with one attached hydrogen (secondary N) is 1. The van der Waals surface area contributed by atoms with Gasteiger partial charge in [0.05, 0.1) is 4.90 Å². The van der Waals surface area contributed by atoms with Crippen LogP contribution in [-0.2, 0) is 14.6 Å². The highest BCUT2D eigenvalue weighted by Crippen LogP contribution is 2.20. The van der Waals surface area contributed by atoms with Crippen LogP contribution in [0.3, 0.4) is 0 Å². The zero-order valence-corrected chi connectivity index (χ0v) is 16.9. The van der Waals surface area contributed by atoms with Crippen LogP contribution in [0, 0.1) is 0 Å². The first-order valence-corrected chi connectivity index (χ1v) is 10.7. The molecule has 0 atom stereocenters. The molecule has 2 aromatic carbocycles. The Labute approximate surface area is 161 Å². The smallest absolute Gasteiger partial charge is 0.262 e. The fourth-order valence-electron chi connectivity index (χ4n) is 2.71. The molecule has 0 fully saturated rings. The number of nitrogens with zero attached hydrogens (tertiary/aromatic N) is 1. The number of hydrogen-bond acceptors (Lipinski definition) is 5. The molecular weight excluding hydrogens is 364 g/mol. The van der Waals surface area contributed by atoms with E-state index in [0.717, 1.165) is 18.5 Å². The zero-order valence-electron chi connectivity index (χ0n) is 16.1. The van der Waals surface area contributed by atoms with Gasteiger partial charge in [0.1, 0.15) is 5.75 Å². The second kappa shape index (κ2) is 8.90. The number of anilines is 2. The third-order valence-corrected chi connectivity index (χ3v) is 5.20. The fourth-order valence-corrected chi connectivity index (χ4v) is 3.34. The second-order valence-corrected chi connectivity index (χ2v) is 8.52. The molecule has 0 saturated heterocycles. The number of amides is 1. The summed E-state index contributed by atoms with van der Waals surface area (Å²) in [6, 6.07) is 14.0. The molecular formula is C20H26N2O4S. The van der Waals surface area contributed by atoms with Crippen molar-refractivity contribution in [1.82, 2.24) is 0 Å². The lowest BCUT2D eigenvalue weighted by Gasteiger charge is -2.27. The van der Waals surface area contributed by atoms with Crippen LogP contribution in [0.4, 0.5) is 11.4 Å². The lowest BCUT2D eigenvalue weighted by Crippen LogP contribution is -2.30. The van der Waals surface area contributed by atoms with Gasteiger partial charge in [0, 0.05) is 30.2 Å². The summed E-state index contributed by atoms with van der Waals surface area (Å²) in [7, 11) is -3.25. The molecule has 0 saturated carbocycles. The van der Waals surface area contributed by atoms with E-state index in [9.17, 15) is 13.2 Å². The van der Waals surface area contributed by atoms with Gasteiger partial charge in [-0.15, -0.1) is 0 Å². The van der Waals surface area contributed by atoms with Crippen LogP contribution in [0.1, 0.15) is 20.8 Å². The van der Waals surface area contributed by atoms with Gasteiger partial charge in [-0.2, -0.15) is 0 Å². The molecule has 0 bridgehead atoms. The average molecular weight is 391 g/mol. The predicted octanol–water partition coefficient (Wildman–Crippen LogP) is 3.34. The van der Waals surface area contributed by atoms with Crippen molar-refractivity contribution in [3.8, 4) is 5.75 Å². The SMILES string of the molecule is CCN(c1ccc(NC(=O)COc2ccc(S(C)(=O)=O)cc2)cc1)C(C)C. The lowest BCUT2D eigenvalue weighted by atomic mass is 10.2. The van der Waals surface area contributed by atoms with Crippen molar-refractivity contribution in [2.24, 2.45) is 0 Å². The zero-order chi connectivity index (χ0) is 20.0. The summed E-state index contributed by atoms with van der Waals surface area (Å²) in [6.45, 7) is 7.13. The topological polar surface area (TPSA) is 75.7 Å². The molecule has 7 heteroatoms. The molecule has 0 aromatic heterocycles. The summed E-state index contributed by atoms with van der Waals surface area (Å²) in [4.78, 5) is 14.5. The Bertz CT molecular complexity index is 860. The van der Waals surface area contributed by atoms with E-state index in [0.29, 0.717) is 17.5 Å². The number of carbonyl (C=O) groups is 1. The molecule has 6 nitrogen and oxygen atoms in total. The Kier molecular flexibility index (Phi) is 6.85. The quantitative estimate of drug-likeness (QED) is 0.748. The molecule has 1 N–H and O–H groups in total. The first-order valence-electron chi connectivity index (χ1n) is 8.80. The van der Waals surface area contributed by atoms with Crippen molar-refractivity contribution in [2.75, 3.05) is 29.6 Å². The minimum absolute atomic E-state index is 0.160. The van der Waals surface area contributed by atoms with Crippen molar-refractivity contribution in [2.45, 2.75) is 31.7 Å². The molecule has 0 unspecified atom stereocenters. The van der Waals surface area contributed by atoms with Gasteiger partial charge in [-0.25, -0.2) is 8.42 Å². The minimum atomic E-state index is -3.25. The maximum absolute atomic E-state index is 12.1. The lowest BCUT2D eigenvalue weighted by molar-refractivity contribution is -0.118. The van der Waals surface area contributed by atoms with E-state index in [1.165, 1.54) is 24.3 Å². The first-order chi connectivity index (χ1) is 12.7. The third-order valence-electron chi connectivity index (χ3n) is 4.07. The van der Waals surface area contributed by atoms with E-state index in [-0.39, 0.29) is 17.4 Å². The summed E-state index contributed by atoms with van der Waals surface area (Å²) in [5.41, 5.74) is 1.80. The Balaban J connectivity index is 1.90. The van der Waals surface area contributed by atoms with Crippen molar-refractivity contribution < 1.29 is 17.9 Å². The average Bonchev–Trinajstić information content (AvgIpc) is 2.61. The summed E-state index contributed by atoms with van der Waals surface area (Å²) in [5, 5.41) is 2.78. The summed E-state index contributed by atoms with van der Waals surface area (Å²) < 4.78 is 28.3. The number of benzene rings is 2. The van der Waals surface area contributed by atoms with Gasteiger partial charge < -0.3 is 15.0 Å². The molecule has 0 aliphatic carbocycles. The largest absolute Gasteiger partial charge is 0.484 e. The van der Waals surface area contributed by atoms with Crippen LogP contribution in [0.15, 0.2) is 53.4 Å². The molecule has 0 radical (unpaired) electrons. The molecule has 0 aliphatic heterocycles. The van der Waals surface area contributed by atoms with E-state index in [4.69, 9.17) is 4.74 Å². The number of sulfone groups is 1. The highest BCUT2D eigenvalue weighted by Gasteiger charge is 2.10. The highest BCUT2D eigenvalue weighted by atomic mass is 32.2. The minimum Gasteiger partial charge on any atom is -0.484 e. The fraction of sp³-hybridized carbons (Fsp3) is 0.350. The first kappa shape index (κ1) is 20.8. The normalized spacial score (nSPS) is 11.3. The van der Waals surface area contributed by atoms with E-state index >= 15 is 0 Å². The maximum atomic E-state index is 12.1. The van der Waals surface area contributed by atoms with E-state index < -0.39 is 9.84 Å². The molecule has 0 spiro atoms. The Morgan fingerprint density at radius 1 is 1.07 bits per heavy atom. The summed E-state index contributed by atoms with van der Waals surface area (Å²) in [6.07, 6.45) is 1.14. The standard InChI is InChI=1S/C20H26N2O4S/c1-5-22(15(2)3)17-8-6-16(7-9-17)21-20(23)14-26-18-10-12-19(13-11-18)27(4,24)25/h6-13,15H,5,14H2,1-4H3,(H,21,23). The monoisotopic (exact) mass is 390 g/mol. The Morgan fingerprint density at radius 2 is 1.67 bits per heavy atom. The van der Waals surface area contributed by atoms with Crippen LogP contribution in [0.25, 0.3) is 0 Å². The van der Waals surface area contributed by atoms with Crippen molar-refractivity contribution in [3.05, 3.63) is 48.5 Å². The van der Waals surface area contributed by atoms with Crippen molar-refractivity contribution >= 4 is 27.1 Å². The van der Waals surface area contributed by atoms with E-state index in [1.54, 1.807) is 0 Å². The Morgan fingerprint density at radius 3 is 2.15 bits per heavy atom. The van der Waals surface area contributed by atoms with Crippen LogP contribution in [0.5, 0.6) is 5.75 Å². The summed E-state index contributed by atoms with van der Waals surface area (Å²) >= 11 is 0. The number of hydrogen-bond donors (Lipinski definition) is 1. The molecule has 0 aliphatic rings. The van der Waals surface area contributed by atoms with E-state index in [1.807, 2.05) is 24.3 Å². The van der Waals surface area contributed by atoms with E-state index in [2.05, 4.69) is 31.0 Å². The van der Waals surface area contributed by atoms with Gasteiger partial charge in [0.15, 0.2) is 16.4 Å². The van der Waals surface area contributed by atoms with Gasteiger partial charge in [-0.1, -0.05) is 0 Å². The van der Waals surface area contributed by atoms with Crippen molar-refractivity contribution in [1.29, 1.82) is 0 Å². The molecule has 27 heavy (non-hydrogen) atoms. The molecule has 146 valence electrons. The van der Waals surface area contributed by atoms with Gasteiger partial charge >= 0.3 is 0 Å². The molecule has 1 amide bonds. The van der Waals surface area contributed by atoms with Crippen LogP contribution >= 0.6 is 0 Å². The van der Waals surface area contributed by atoms with Crippen LogP contribution in [0.2, 0.25) is 0 Å². The number of ether oxygens (including phenoxy) is 1. The maximum Gasteiger partial charge on any atom is 0.262 e. The highest BCUT2D eigenvalue weighted by molar-refractivity contribution is 7.90. The van der Waals surface area contributed by atoms with Gasteiger partial charge in [0.25, 0.3) is 5.91 Å². The van der Waals surface area contributed by atoms with Gasteiger partial charge in [-0.05, 0) is 69.3 Å². The van der Waals surface area contributed by atoms with Gasteiger partial charge in [-0.3, -0.25) is 4.79 Å². The third kappa shape index (κ3) is 5.99. The van der Waals surface area contributed by atoms with Crippen molar-refractivity contribution in [3.63, 3.8) is 0 Å². The van der Waals surface area contributed by atoms with Crippen LogP contribution < -0.4 is 15.0 Å². The summed E-state index contributed by atoms with van der Waals surface area (Å²) in [5.74, 6) is 0.148. The Hall–Kier alpha value is -2.54. The molecule has 2 rings (SSSR count). The molecule has 0 heterocycles. The predicted molar refractivity (Wildman–Crippen MR) is 108 cm³/mol. The number of rotatable bonds is 8. The number of carbonyl (C=O) groups excluding carboxylic acids is 1. The van der Waals surface area contributed by atoms with Crippen LogP contribution in [-0.4, -0.2) is 39.8 Å².